The van der Waals surface area contributed by atoms with Crippen LogP contribution in [0.3, 0.4) is 0 Å². The first-order valence-corrected chi connectivity index (χ1v) is 4.46. The molecule has 0 bridgehead atoms. The molecule has 1 rings (SSSR count). The second-order valence-electron chi connectivity index (χ2n) is 3.92. The van der Waals surface area contributed by atoms with Gasteiger partial charge in [-0.15, -0.1) is 0 Å². The van der Waals surface area contributed by atoms with E-state index in [1.54, 1.807) is 0 Å². The summed E-state index contributed by atoms with van der Waals surface area (Å²) in [5.74, 6) is -4.19. The molecule has 0 aliphatic carbocycles. The van der Waals surface area contributed by atoms with Crippen LogP contribution in [0.15, 0.2) is 12.1 Å². The highest BCUT2D eigenvalue weighted by molar-refractivity contribution is 5.97. The molecule has 6 heteroatoms. The van der Waals surface area contributed by atoms with Gasteiger partial charge in [0.25, 0.3) is 0 Å². The summed E-state index contributed by atoms with van der Waals surface area (Å²) in [6.07, 6.45) is 0. The minimum Gasteiger partial charge on any atom is -0.320 e. The number of amides is 1. The van der Waals surface area contributed by atoms with Gasteiger partial charge < -0.3 is 11.1 Å². The van der Waals surface area contributed by atoms with E-state index in [9.17, 15) is 18.0 Å². The fourth-order valence-electron chi connectivity index (χ4n) is 0.936. The maximum atomic E-state index is 13.1. The fourth-order valence-corrected chi connectivity index (χ4v) is 0.936. The van der Waals surface area contributed by atoms with E-state index in [-0.39, 0.29) is 0 Å². The van der Waals surface area contributed by atoms with Gasteiger partial charge in [0.05, 0.1) is 5.54 Å². The molecule has 1 aromatic rings. The minimum absolute atomic E-state index is 0.474. The van der Waals surface area contributed by atoms with Gasteiger partial charge in [-0.25, -0.2) is 13.2 Å². The summed E-state index contributed by atoms with van der Waals surface area (Å²) in [6, 6.07) is 0.949. The van der Waals surface area contributed by atoms with Crippen LogP contribution < -0.4 is 11.1 Å². The van der Waals surface area contributed by atoms with Crippen molar-refractivity contribution in [2.45, 2.75) is 19.4 Å². The number of nitrogens with two attached hydrogens (primary N) is 1. The Morgan fingerprint density at radius 1 is 1.25 bits per heavy atom. The van der Waals surface area contributed by atoms with Crippen LogP contribution in [0.4, 0.5) is 18.9 Å². The maximum Gasteiger partial charge on any atom is 0.244 e. The lowest BCUT2D eigenvalue weighted by Crippen LogP contribution is -2.45. The predicted octanol–water partition coefficient (Wildman–Crippen LogP) is 1.78. The number of benzene rings is 1. The van der Waals surface area contributed by atoms with Crippen molar-refractivity contribution in [2.24, 2.45) is 5.73 Å². The number of hydrogen-bond acceptors (Lipinski definition) is 2. The van der Waals surface area contributed by atoms with E-state index in [0.717, 1.165) is 0 Å². The third kappa shape index (κ3) is 2.73. The van der Waals surface area contributed by atoms with Crippen LogP contribution in [0.5, 0.6) is 0 Å². The van der Waals surface area contributed by atoms with Crippen molar-refractivity contribution in [3.63, 3.8) is 0 Å². The molecule has 0 fully saturated rings. The van der Waals surface area contributed by atoms with Crippen molar-refractivity contribution in [3.8, 4) is 0 Å². The molecule has 0 spiro atoms. The second kappa shape index (κ2) is 4.13. The number of anilines is 1. The smallest absolute Gasteiger partial charge is 0.244 e. The summed E-state index contributed by atoms with van der Waals surface area (Å²) in [5, 5.41) is 1.97. The van der Waals surface area contributed by atoms with E-state index in [4.69, 9.17) is 5.73 Å². The summed E-state index contributed by atoms with van der Waals surface area (Å²) >= 11 is 0. The Bertz CT molecular complexity index is 404. The van der Waals surface area contributed by atoms with Gasteiger partial charge in [0.2, 0.25) is 5.91 Å². The van der Waals surface area contributed by atoms with Crippen LogP contribution in [-0.4, -0.2) is 11.4 Å². The Hall–Kier alpha value is -1.56. The summed E-state index contributed by atoms with van der Waals surface area (Å²) in [7, 11) is 0. The molecule has 88 valence electrons. The molecule has 0 radical (unpaired) electrons. The zero-order valence-electron chi connectivity index (χ0n) is 8.77. The van der Waals surface area contributed by atoms with Crippen molar-refractivity contribution in [3.05, 3.63) is 29.6 Å². The van der Waals surface area contributed by atoms with Gasteiger partial charge in [0, 0.05) is 12.1 Å². The first-order chi connectivity index (χ1) is 7.21. The highest BCUT2D eigenvalue weighted by atomic mass is 19.1. The molecular weight excluding hydrogens is 221 g/mol. The monoisotopic (exact) mass is 232 g/mol. The Labute approximate surface area is 90.4 Å². The van der Waals surface area contributed by atoms with Gasteiger partial charge in [-0.2, -0.15) is 0 Å². The van der Waals surface area contributed by atoms with E-state index in [1.807, 2.05) is 5.32 Å². The Morgan fingerprint density at radius 2 is 1.69 bits per heavy atom. The van der Waals surface area contributed by atoms with Crippen LogP contribution in [0, 0.1) is 17.5 Å². The van der Waals surface area contributed by atoms with Gasteiger partial charge in [0.15, 0.2) is 11.6 Å². The molecule has 0 saturated carbocycles. The maximum absolute atomic E-state index is 13.1. The van der Waals surface area contributed by atoms with Crippen LogP contribution in [0.25, 0.3) is 0 Å². The molecule has 0 unspecified atom stereocenters. The molecule has 0 heterocycles. The topological polar surface area (TPSA) is 55.1 Å². The van der Waals surface area contributed by atoms with Crippen molar-refractivity contribution >= 4 is 11.6 Å². The number of nitrogens with one attached hydrogen (secondary N) is 1. The zero-order valence-corrected chi connectivity index (χ0v) is 8.77. The molecule has 3 N–H and O–H groups in total. The van der Waals surface area contributed by atoms with Crippen molar-refractivity contribution in [2.75, 3.05) is 5.32 Å². The Balaban J connectivity index is 3.03. The first kappa shape index (κ1) is 12.5. The molecular formula is C10H11F3N2O. The van der Waals surface area contributed by atoms with Gasteiger partial charge in [-0.05, 0) is 13.8 Å². The standard InChI is InChI=1S/C10H11F3N2O/c1-10(2,14)9(16)15-8-6(12)3-5(11)4-7(8)13/h3-4H,14H2,1-2H3,(H,15,16). The molecule has 0 aliphatic rings. The Kier molecular flexibility index (Phi) is 3.23. The normalized spacial score (nSPS) is 11.4. The zero-order chi connectivity index (χ0) is 12.5. The lowest BCUT2D eigenvalue weighted by molar-refractivity contribution is -0.120. The SMILES string of the molecule is CC(C)(N)C(=O)Nc1c(F)cc(F)cc1F. The molecule has 16 heavy (non-hydrogen) atoms. The lowest BCUT2D eigenvalue weighted by atomic mass is 10.1. The second-order valence-corrected chi connectivity index (χ2v) is 3.92. The summed E-state index contributed by atoms with van der Waals surface area (Å²) < 4.78 is 38.8. The molecule has 0 saturated heterocycles. The van der Waals surface area contributed by atoms with Crippen LogP contribution in [0.1, 0.15) is 13.8 Å². The van der Waals surface area contributed by atoms with Crippen LogP contribution in [-0.2, 0) is 4.79 Å². The van der Waals surface area contributed by atoms with Crippen molar-refractivity contribution < 1.29 is 18.0 Å². The lowest BCUT2D eigenvalue weighted by Gasteiger charge is -2.18. The average molecular weight is 232 g/mol. The fraction of sp³-hybridized carbons (Fsp3) is 0.300. The highest BCUT2D eigenvalue weighted by Gasteiger charge is 2.24. The van der Waals surface area contributed by atoms with E-state index >= 15 is 0 Å². The number of carbonyl (C=O) groups is 1. The largest absolute Gasteiger partial charge is 0.320 e. The third-order valence-electron chi connectivity index (χ3n) is 1.83. The average Bonchev–Trinajstić information content (AvgIpc) is 2.08. The molecule has 1 amide bonds. The quantitative estimate of drug-likeness (QED) is 0.816. The third-order valence-corrected chi connectivity index (χ3v) is 1.83. The number of rotatable bonds is 2. The Morgan fingerprint density at radius 3 is 2.06 bits per heavy atom. The summed E-state index contributed by atoms with van der Waals surface area (Å²) in [6.45, 7) is 2.75. The summed E-state index contributed by atoms with van der Waals surface area (Å²) in [4.78, 5) is 11.4. The van der Waals surface area contributed by atoms with E-state index in [1.165, 1.54) is 13.8 Å². The van der Waals surface area contributed by atoms with Gasteiger partial charge in [-0.1, -0.05) is 0 Å². The van der Waals surface area contributed by atoms with Crippen LogP contribution >= 0.6 is 0 Å². The van der Waals surface area contributed by atoms with Gasteiger partial charge in [0.1, 0.15) is 11.5 Å². The van der Waals surface area contributed by atoms with Gasteiger partial charge >= 0.3 is 0 Å². The predicted molar refractivity (Wildman–Crippen MR) is 53.2 cm³/mol. The van der Waals surface area contributed by atoms with E-state index in [0.29, 0.717) is 12.1 Å². The number of halogens is 3. The van der Waals surface area contributed by atoms with Crippen molar-refractivity contribution in [1.29, 1.82) is 0 Å². The molecule has 0 aliphatic heterocycles. The molecule has 0 atom stereocenters. The summed E-state index contributed by atoms with van der Waals surface area (Å²) in [5.41, 5.74) is 3.44. The molecule has 0 aromatic heterocycles. The number of hydrogen-bond donors (Lipinski definition) is 2. The van der Waals surface area contributed by atoms with Gasteiger partial charge in [-0.3, -0.25) is 4.79 Å². The minimum atomic E-state index is -1.28. The molecule has 3 nitrogen and oxygen atoms in total. The van der Waals surface area contributed by atoms with Crippen LogP contribution in [0.2, 0.25) is 0 Å². The first-order valence-electron chi connectivity index (χ1n) is 4.46. The molecule has 1 aromatic carbocycles. The van der Waals surface area contributed by atoms with Crippen molar-refractivity contribution in [1.82, 2.24) is 0 Å². The number of carbonyl (C=O) groups excluding carboxylic acids is 1. The van der Waals surface area contributed by atoms with E-state index < -0.39 is 34.6 Å². The highest BCUT2D eigenvalue weighted by Crippen LogP contribution is 2.20. The van der Waals surface area contributed by atoms with E-state index in [2.05, 4.69) is 0 Å².